The number of carboxylic acid groups (broad SMARTS) is 1. The van der Waals surface area contributed by atoms with Crippen LogP contribution in [0.5, 0.6) is 0 Å². The van der Waals surface area contributed by atoms with Crippen LogP contribution in [0, 0.1) is 3.57 Å². The number of carbonyl (C=O) groups is 2. The summed E-state index contributed by atoms with van der Waals surface area (Å²) in [5.74, 6) is -2.67. The van der Waals surface area contributed by atoms with Gasteiger partial charge in [0.2, 0.25) is 0 Å². The molecule has 0 fully saturated rings. The lowest BCUT2D eigenvalue weighted by atomic mass is 10.2. The highest BCUT2D eigenvalue weighted by Gasteiger charge is 2.35. The lowest BCUT2D eigenvalue weighted by Crippen LogP contribution is -2.42. The van der Waals surface area contributed by atoms with Crippen molar-refractivity contribution >= 4 is 57.7 Å². The van der Waals surface area contributed by atoms with Gasteiger partial charge in [-0.3, -0.25) is 9.59 Å². The molecule has 0 spiro atoms. The van der Waals surface area contributed by atoms with E-state index in [1.165, 1.54) is 6.07 Å². The normalized spacial score (nSPS) is 11.3. The minimum absolute atomic E-state index is 0.0612. The molecule has 0 aliphatic carbocycles. The average molecular weight is 456 g/mol. The first kappa shape index (κ1) is 18.3. The van der Waals surface area contributed by atoms with Crippen molar-refractivity contribution in [2.45, 2.75) is 6.18 Å². The number of rotatable bonds is 4. The van der Waals surface area contributed by atoms with Gasteiger partial charge in [-0.15, -0.1) is 0 Å². The summed E-state index contributed by atoms with van der Waals surface area (Å²) >= 11 is 13.2. The molecule has 0 radical (unpaired) electrons. The van der Waals surface area contributed by atoms with Gasteiger partial charge in [-0.05, 0) is 34.7 Å². The molecule has 0 aliphatic heterocycles. The second-order valence-electron chi connectivity index (χ2n) is 3.92. The monoisotopic (exact) mass is 455 g/mol. The molecule has 4 nitrogen and oxygen atoms in total. The molecule has 1 N–H and O–H groups in total. The van der Waals surface area contributed by atoms with Gasteiger partial charge in [0.1, 0.15) is 13.1 Å². The van der Waals surface area contributed by atoms with E-state index in [1.54, 1.807) is 22.6 Å². The number of hydrogen-bond donors (Lipinski definition) is 1. The van der Waals surface area contributed by atoms with Gasteiger partial charge in [0.05, 0.1) is 10.6 Å². The van der Waals surface area contributed by atoms with E-state index >= 15 is 0 Å². The van der Waals surface area contributed by atoms with E-state index in [9.17, 15) is 22.8 Å². The fourth-order valence-electron chi connectivity index (χ4n) is 1.46. The summed E-state index contributed by atoms with van der Waals surface area (Å²) in [6, 6.07) is 2.47. The van der Waals surface area contributed by atoms with Crippen molar-refractivity contribution in [3.8, 4) is 0 Å². The lowest BCUT2D eigenvalue weighted by molar-refractivity contribution is -0.149. The first-order valence-corrected chi connectivity index (χ1v) is 7.07. The number of alkyl halides is 3. The maximum atomic E-state index is 12.5. The molecule has 21 heavy (non-hydrogen) atoms. The molecule has 0 aromatic heterocycles. The Balaban J connectivity index is 3.19. The minimum Gasteiger partial charge on any atom is -0.480 e. The molecule has 0 aliphatic rings. The number of carbonyl (C=O) groups excluding carboxylic acids is 1. The zero-order valence-electron chi connectivity index (χ0n) is 10.0. The van der Waals surface area contributed by atoms with Crippen LogP contribution in [0.1, 0.15) is 10.4 Å². The molecule has 116 valence electrons. The molecular weight excluding hydrogens is 449 g/mol. The predicted octanol–water partition coefficient (Wildman–Crippen LogP) is 3.69. The number of carboxylic acids is 1. The Morgan fingerprint density at radius 2 is 1.86 bits per heavy atom. The summed E-state index contributed by atoms with van der Waals surface area (Å²) in [6.45, 7) is -2.77. The molecule has 10 heteroatoms. The average Bonchev–Trinajstić information content (AvgIpc) is 2.29. The largest absolute Gasteiger partial charge is 0.480 e. The summed E-state index contributed by atoms with van der Waals surface area (Å²) in [5, 5.41) is 8.79. The zero-order valence-corrected chi connectivity index (χ0v) is 13.7. The molecule has 1 aromatic carbocycles. The van der Waals surface area contributed by atoms with Crippen LogP contribution < -0.4 is 0 Å². The quantitative estimate of drug-likeness (QED) is 0.556. The summed E-state index contributed by atoms with van der Waals surface area (Å²) in [4.78, 5) is 22.9. The van der Waals surface area contributed by atoms with E-state index in [0.717, 1.165) is 6.07 Å². The third kappa shape index (κ3) is 5.51. The highest BCUT2D eigenvalue weighted by molar-refractivity contribution is 14.1. The molecule has 0 atom stereocenters. The summed E-state index contributed by atoms with van der Waals surface area (Å²) in [6.07, 6.45) is -4.72. The predicted molar refractivity (Wildman–Crippen MR) is 78.8 cm³/mol. The first-order chi connectivity index (χ1) is 9.51. The maximum Gasteiger partial charge on any atom is 0.406 e. The SMILES string of the molecule is O=C(O)CN(CC(F)(F)F)C(=O)c1cc(Cl)cc(Cl)c1I. The maximum absolute atomic E-state index is 12.5. The number of hydrogen-bond acceptors (Lipinski definition) is 2. The Kier molecular flexibility index (Phi) is 6.11. The van der Waals surface area contributed by atoms with Crippen LogP contribution in [0.4, 0.5) is 13.2 Å². The molecule has 0 saturated heterocycles. The van der Waals surface area contributed by atoms with E-state index in [2.05, 4.69) is 0 Å². The number of halogens is 6. The lowest BCUT2D eigenvalue weighted by Gasteiger charge is -2.23. The Bertz CT molecular complexity index is 581. The van der Waals surface area contributed by atoms with Crippen LogP contribution in [-0.2, 0) is 4.79 Å². The van der Waals surface area contributed by atoms with Crippen LogP contribution in [0.25, 0.3) is 0 Å². The third-order valence-electron chi connectivity index (χ3n) is 2.21. The van der Waals surface area contributed by atoms with E-state index in [0.29, 0.717) is 0 Å². The van der Waals surface area contributed by atoms with Crippen LogP contribution >= 0.6 is 45.8 Å². The van der Waals surface area contributed by atoms with Crippen molar-refractivity contribution in [3.05, 3.63) is 31.3 Å². The fourth-order valence-corrected chi connectivity index (χ4v) is 2.50. The van der Waals surface area contributed by atoms with E-state index < -0.39 is 31.1 Å². The van der Waals surface area contributed by atoms with Gasteiger partial charge in [-0.25, -0.2) is 0 Å². The first-order valence-electron chi connectivity index (χ1n) is 5.23. The molecule has 1 rings (SSSR count). The molecule has 0 heterocycles. The topological polar surface area (TPSA) is 57.6 Å². The number of benzene rings is 1. The van der Waals surface area contributed by atoms with E-state index in [-0.39, 0.29) is 24.1 Å². The summed E-state index contributed by atoms with van der Waals surface area (Å²) in [5.41, 5.74) is -0.182. The van der Waals surface area contributed by atoms with Crippen molar-refractivity contribution in [1.29, 1.82) is 0 Å². The molecule has 0 bridgehead atoms. The van der Waals surface area contributed by atoms with Gasteiger partial charge < -0.3 is 10.0 Å². The highest BCUT2D eigenvalue weighted by atomic mass is 127. The molecular formula is C11H7Cl2F3INO3. The van der Waals surface area contributed by atoms with Crippen molar-refractivity contribution < 1.29 is 27.9 Å². The van der Waals surface area contributed by atoms with Gasteiger partial charge in [0, 0.05) is 8.59 Å². The molecule has 0 saturated carbocycles. The molecule has 1 aromatic rings. The van der Waals surface area contributed by atoms with Gasteiger partial charge in [0.25, 0.3) is 5.91 Å². The number of aliphatic carboxylic acids is 1. The van der Waals surface area contributed by atoms with Gasteiger partial charge >= 0.3 is 12.1 Å². The number of amides is 1. The van der Waals surface area contributed by atoms with Crippen LogP contribution in [0.3, 0.4) is 0 Å². The summed E-state index contributed by atoms with van der Waals surface area (Å²) < 4.78 is 37.5. The molecule has 0 unspecified atom stereocenters. The van der Waals surface area contributed by atoms with Gasteiger partial charge in [-0.2, -0.15) is 13.2 Å². The fraction of sp³-hybridized carbons (Fsp3) is 0.273. The van der Waals surface area contributed by atoms with Crippen molar-refractivity contribution in [2.24, 2.45) is 0 Å². The number of nitrogens with zero attached hydrogens (tertiary/aromatic N) is 1. The van der Waals surface area contributed by atoms with E-state index in [1.807, 2.05) is 0 Å². The standard InChI is InChI=1S/C11H7Cl2F3INO3/c12-5-1-6(9(17)7(13)2-5)10(21)18(3-8(19)20)4-11(14,15)16/h1-2H,3-4H2,(H,19,20). The second kappa shape index (κ2) is 7.01. The Morgan fingerprint density at radius 3 is 2.33 bits per heavy atom. The van der Waals surface area contributed by atoms with Crippen molar-refractivity contribution in [1.82, 2.24) is 4.90 Å². The minimum atomic E-state index is -4.72. The van der Waals surface area contributed by atoms with Crippen molar-refractivity contribution in [3.63, 3.8) is 0 Å². The van der Waals surface area contributed by atoms with Crippen LogP contribution in [0.2, 0.25) is 10.0 Å². The Morgan fingerprint density at radius 1 is 1.29 bits per heavy atom. The molecule has 1 amide bonds. The third-order valence-corrected chi connectivity index (χ3v) is 4.20. The van der Waals surface area contributed by atoms with Gasteiger partial charge in [-0.1, -0.05) is 23.2 Å². The van der Waals surface area contributed by atoms with Gasteiger partial charge in [0.15, 0.2) is 0 Å². The Hall–Kier alpha value is -0.740. The van der Waals surface area contributed by atoms with Crippen molar-refractivity contribution in [2.75, 3.05) is 13.1 Å². The summed E-state index contributed by atoms with van der Waals surface area (Å²) in [7, 11) is 0. The van der Waals surface area contributed by atoms with Crippen LogP contribution in [-0.4, -0.2) is 41.1 Å². The smallest absolute Gasteiger partial charge is 0.406 e. The Labute approximate surface area is 140 Å². The van der Waals surface area contributed by atoms with Crippen LogP contribution in [0.15, 0.2) is 12.1 Å². The second-order valence-corrected chi connectivity index (χ2v) is 5.84. The zero-order chi connectivity index (χ0) is 16.4. The van der Waals surface area contributed by atoms with E-state index in [4.69, 9.17) is 28.3 Å². The highest BCUT2D eigenvalue weighted by Crippen LogP contribution is 2.28.